The van der Waals surface area contributed by atoms with Crippen LogP contribution < -0.4 is 0 Å². The highest BCUT2D eigenvalue weighted by atomic mass is 79.9. The molecule has 1 aliphatic rings. The summed E-state index contributed by atoms with van der Waals surface area (Å²) >= 11 is 3.39. The van der Waals surface area contributed by atoms with Crippen molar-refractivity contribution in [2.45, 2.75) is 65.3 Å². The minimum atomic E-state index is -1.59. The molecule has 12 nitrogen and oxygen atoms in total. The van der Waals surface area contributed by atoms with Crippen molar-refractivity contribution in [3.8, 4) is 0 Å². The number of halogens is 1. The van der Waals surface area contributed by atoms with Gasteiger partial charge in [-0.25, -0.2) is 4.79 Å². The van der Waals surface area contributed by atoms with Crippen LogP contribution in [0.15, 0.2) is 34.5 Å². The van der Waals surface area contributed by atoms with E-state index < -0.39 is 67.2 Å². The molecule has 38 heavy (non-hydrogen) atoms. The molecule has 0 unspecified atom stereocenters. The third-order valence-corrected chi connectivity index (χ3v) is 5.58. The first-order valence-corrected chi connectivity index (χ1v) is 12.3. The number of ether oxygens (including phenoxy) is 7. The number of esters is 5. The van der Waals surface area contributed by atoms with Crippen LogP contribution in [0, 0.1) is 0 Å². The summed E-state index contributed by atoms with van der Waals surface area (Å²) in [5.74, 6) is -4.25. The first-order chi connectivity index (χ1) is 17.9. The zero-order valence-electron chi connectivity index (χ0n) is 21.5. The second-order valence-electron chi connectivity index (χ2n) is 7.94. The Bertz CT molecular complexity index is 1070. The molecule has 1 saturated heterocycles. The fraction of sp³-hybridized carbons (Fsp3) is 0.480. The van der Waals surface area contributed by atoms with Crippen LogP contribution in [0.1, 0.15) is 40.2 Å². The second kappa shape index (κ2) is 14.5. The Labute approximate surface area is 227 Å². The maximum Gasteiger partial charge on any atom is 0.373 e. The molecular weight excluding hydrogens is 572 g/mol. The van der Waals surface area contributed by atoms with Crippen LogP contribution in [0.2, 0.25) is 0 Å². The lowest BCUT2D eigenvalue weighted by Gasteiger charge is -2.43. The van der Waals surface area contributed by atoms with E-state index in [4.69, 9.17) is 33.2 Å². The number of hydrogen-bond acceptors (Lipinski definition) is 12. The van der Waals surface area contributed by atoms with Crippen LogP contribution >= 0.6 is 15.9 Å². The number of benzene rings is 1. The Balaban J connectivity index is 2.59. The fourth-order valence-electron chi connectivity index (χ4n) is 3.49. The van der Waals surface area contributed by atoms with Gasteiger partial charge < -0.3 is 33.2 Å². The molecule has 0 N–H and O–H groups in total. The average molecular weight is 601 g/mol. The number of hydrogen-bond donors (Lipinski definition) is 0. The van der Waals surface area contributed by atoms with Gasteiger partial charge in [0, 0.05) is 32.2 Å². The summed E-state index contributed by atoms with van der Waals surface area (Å²) in [6.45, 7) is 5.63. The maximum atomic E-state index is 12.8. The van der Waals surface area contributed by atoms with Gasteiger partial charge in [0.15, 0.2) is 12.2 Å². The van der Waals surface area contributed by atoms with E-state index in [0.29, 0.717) is 10.0 Å². The minimum absolute atomic E-state index is 0.0219. The van der Waals surface area contributed by atoms with Gasteiger partial charge in [0.25, 0.3) is 0 Å². The highest BCUT2D eigenvalue weighted by Crippen LogP contribution is 2.32. The lowest BCUT2D eigenvalue weighted by Crippen LogP contribution is -2.63. The van der Waals surface area contributed by atoms with Gasteiger partial charge in [-0.1, -0.05) is 34.1 Å². The van der Waals surface area contributed by atoms with E-state index in [1.165, 1.54) is 6.08 Å². The van der Waals surface area contributed by atoms with Gasteiger partial charge in [-0.2, -0.15) is 0 Å². The molecule has 2 rings (SSSR count). The van der Waals surface area contributed by atoms with Gasteiger partial charge in [-0.05, 0) is 24.6 Å². The first-order valence-electron chi connectivity index (χ1n) is 11.5. The quantitative estimate of drug-likeness (QED) is 0.168. The molecule has 0 spiro atoms. The summed E-state index contributed by atoms with van der Waals surface area (Å²) in [6.07, 6.45) is -5.78. The molecule has 1 fully saturated rings. The molecule has 208 valence electrons. The normalized spacial score (nSPS) is 23.0. The highest BCUT2D eigenvalue weighted by molar-refractivity contribution is 9.10. The summed E-state index contributed by atoms with van der Waals surface area (Å²) < 4.78 is 38.6. The van der Waals surface area contributed by atoms with E-state index in [1.807, 2.05) is 0 Å². The Morgan fingerprint density at radius 2 is 1.39 bits per heavy atom. The van der Waals surface area contributed by atoms with Crippen molar-refractivity contribution in [1.82, 2.24) is 0 Å². The lowest BCUT2D eigenvalue weighted by molar-refractivity contribution is -0.299. The summed E-state index contributed by atoms with van der Waals surface area (Å²) in [5, 5.41) is 0. The molecule has 0 aromatic heterocycles. The molecule has 0 radical (unpaired) electrons. The second-order valence-corrected chi connectivity index (χ2v) is 8.79. The van der Waals surface area contributed by atoms with Gasteiger partial charge in [-0.15, -0.1) is 0 Å². The van der Waals surface area contributed by atoms with E-state index >= 15 is 0 Å². The van der Waals surface area contributed by atoms with Gasteiger partial charge in [-0.3, -0.25) is 19.2 Å². The van der Waals surface area contributed by atoms with Crippen LogP contribution in [0.3, 0.4) is 0 Å². The summed E-state index contributed by atoms with van der Waals surface area (Å²) in [5.41, 5.74) is 0.543. The lowest BCUT2D eigenvalue weighted by atomic mass is 9.98. The minimum Gasteiger partial charge on any atom is -0.463 e. The summed E-state index contributed by atoms with van der Waals surface area (Å²) in [7, 11) is 0. The van der Waals surface area contributed by atoms with E-state index in [-0.39, 0.29) is 12.4 Å². The molecule has 0 saturated carbocycles. The zero-order chi connectivity index (χ0) is 28.4. The summed E-state index contributed by atoms with van der Waals surface area (Å²) in [4.78, 5) is 60.2. The predicted molar refractivity (Wildman–Crippen MR) is 132 cm³/mol. The van der Waals surface area contributed by atoms with Crippen LogP contribution in [-0.2, 0) is 57.1 Å². The van der Waals surface area contributed by atoms with E-state index in [9.17, 15) is 24.0 Å². The predicted octanol–water partition coefficient (Wildman–Crippen LogP) is 2.45. The Morgan fingerprint density at radius 3 is 1.95 bits per heavy atom. The number of carbonyl (C=O) groups excluding carboxylic acids is 5. The smallest absolute Gasteiger partial charge is 0.373 e. The molecule has 1 aliphatic heterocycles. The van der Waals surface area contributed by atoms with Crippen LogP contribution in [-0.4, -0.2) is 73.8 Å². The Hall–Kier alpha value is -3.45. The van der Waals surface area contributed by atoms with Gasteiger partial charge in [0.05, 0.1) is 6.61 Å². The van der Waals surface area contributed by atoms with Crippen molar-refractivity contribution in [3.05, 3.63) is 40.1 Å². The number of carbonyl (C=O) groups is 5. The molecule has 1 aromatic rings. The molecule has 0 aliphatic carbocycles. The highest BCUT2D eigenvalue weighted by Gasteiger charge is 2.53. The average Bonchev–Trinajstić information content (AvgIpc) is 2.81. The molecule has 13 heteroatoms. The largest absolute Gasteiger partial charge is 0.463 e. The van der Waals surface area contributed by atoms with Crippen LogP contribution in [0.25, 0.3) is 6.08 Å². The topological polar surface area (TPSA) is 150 Å². The van der Waals surface area contributed by atoms with Gasteiger partial charge in [0.2, 0.25) is 18.2 Å². The third kappa shape index (κ3) is 9.14. The van der Waals surface area contributed by atoms with Crippen LogP contribution in [0.5, 0.6) is 0 Å². The molecule has 0 bridgehead atoms. The SMILES string of the molecule is CCOC(=O)C(=Cc1ccccc1Br)O[C@H]1O[C@@H](COC(C)=O)[C@H](OC(C)=O)[C@@H](OC(C)=O)[C@@H]1OC(C)=O. The van der Waals surface area contributed by atoms with E-state index in [1.54, 1.807) is 31.2 Å². The van der Waals surface area contributed by atoms with Crippen LogP contribution in [0.4, 0.5) is 0 Å². The van der Waals surface area contributed by atoms with Crippen molar-refractivity contribution in [2.24, 2.45) is 0 Å². The number of rotatable bonds is 10. The van der Waals surface area contributed by atoms with Gasteiger partial charge in [0.1, 0.15) is 12.7 Å². The van der Waals surface area contributed by atoms with Gasteiger partial charge >= 0.3 is 29.8 Å². The molecule has 1 heterocycles. The Morgan fingerprint density at radius 1 is 0.816 bits per heavy atom. The molecule has 0 amide bonds. The van der Waals surface area contributed by atoms with Crippen molar-refractivity contribution < 1.29 is 57.1 Å². The monoisotopic (exact) mass is 600 g/mol. The van der Waals surface area contributed by atoms with Crippen molar-refractivity contribution in [3.63, 3.8) is 0 Å². The summed E-state index contributed by atoms with van der Waals surface area (Å²) in [6, 6.07) is 6.93. The first kappa shape index (κ1) is 30.8. The third-order valence-electron chi connectivity index (χ3n) is 4.86. The zero-order valence-corrected chi connectivity index (χ0v) is 23.1. The Kier molecular flexibility index (Phi) is 11.7. The van der Waals surface area contributed by atoms with Crippen molar-refractivity contribution in [2.75, 3.05) is 13.2 Å². The fourth-order valence-corrected chi connectivity index (χ4v) is 3.88. The molecule has 5 atom stereocenters. The molecular formula is C25H29BrO12. The van der Waals surface area contributed by atoms with E-state index in [2.05, 4.69) is 15.9 Å². The van der Waals surface area contributed by atoms with Crippen molar-refractivity contribution in [1.29, 1.82) is 0 Å². The van der Waals surface area contributed by atoms with E-state index in [0.717, 1.165) is 27.7 Å². The molecule has 1 aromatic carbocycles. The maximum absolute atomic E-state index is 12.8. The van der Waals surface area contributed by atoms with Crippen molar-refractivity contribution >= 4 is 51.9 Å². The standard InChI is InChI=1S/C25H29BrO12/c1-6-32-24(31)19(11-17-9-7-8-10-18(17)26)37-25-23(36-16(5)30)22(35-15(4)29)21(34-14(3)28)20(38-25)12-33-13(2)27/h7-11,20-23,25H,6,12H2,1-5H3/t20-,21-,22+,23-,25-/m0/s1.